The Kier molecular flexibility index (Phi) is 3.77. The van der Waals surface area contributed by atoms with E-state index in [1.165, 1.54) is 5.56 Å². The molecule has 2 rings (SSSR count). The van der Waals surface area contributed by atoms with Crippen molar-refractivity contribution in [1.82, 2.24) is 15.1 Å². The van der Waals surface area contributed by atoms with Gasteiger partial charge < -0.3 is 5.32 Å². The van der Waals surface area contributed by atoms with Crippen molar-refractivity contribution < 1.29 is 4.79 Å². The largest absolute Gasteiger partial charge is 0.352 e. The first kappa shape index (κ1) is 12.4. The van der Waals surface area contributed by atoms with Gasteiger partial charge in [-0.15, -0.1) is 0 Å². The molecule has 18 heavy (non-hydrogen) atoms. The molecule has 4 heteroatoms. The predicted molar refractivity (Wildman–Crippen MR) is 70.5 cm³/mol. The molecule has 1 aromatic heterocycles. The van der Waals surface area contributed by atoms with E-state index in [1.54, 1.807) is 6.20 Å². The molecule has 94 valence electrons. The Bertz CT molecular complexity index is 531. The lowest BCUT2D eigenvalue weighted by Gasteiger charge is -2.05. The van der Waals surface area contributed by atoms with E-state index in [-0.39, 0.29) is 5.91 Å². The number of aromatic nitrogens is 2. The highest BCUT2D eigenvalue weighted by atomic mass is 16.1. The third kappa shape index (κ3) is 2.59. The van der Waals surface area contributed by atoms with Gasteiger partial charge >= 0.3 is 0 Å². The summed E-state index contributed by atoms with van der Waals surface area (Å²) in [6.45, 7) is 5.14. The minimum atomic E-state index is -0.0608. The van der Waals surface area contributed by atoms with Gasteiger partial charge in [-0.1, -0.05) is 30.3 Å². The predicted octanol–water partition coefficient (Wildman–Crippen LogP) is 1.99. The fourth-order valence-corrected chi connectivity index (χ4v) is 1.84. The Hall–Kier alpha value is -2.10. The van der Waals surface area contributed by atoms with Gasteiger partial charge in [0.25, 0.3) is 5.91 Å². The maximum atomic E-state index is 11.8. The van der Waals surface area contributed by atoms with E-state index in [1.807, 2.05) is 48.9 Å². The fraction of sp³-hybridized carbons (Fsp3) is 0.286. The maximum absolute atomic E-state index is 11.8. The minimum absolute atomic E-state index is 0.0608. The molecule has 1 heterocycles. The highest BCUT2D eigenvalue weighted by Crippen LogP contribution is 2.10. The number of rotatable bonds is 4. The molecule has 0 aliphatic rings. The van der Waals surface area contributed by atoms with Crippen molar-refractivity contribution in [2.24, 2.45) is 0 Å². The van der Waals surface area contributed by atoms with Crippen LogP contribution in [0.2, 0.25) is 0 Å². The molecule has 2 aromatic rings. The van der Waals surface area contributed by atoms with E-state index in [9.17, 15) is 4.79 Å². The first-order valence-corrected chi connectivity index (χ1v) is 6.07. The molecule has 0 bridgehead atoms. The SMILES string of the molecule is CCNC(=O)c1cnn(Cc2ccccc2)c1C. The molecule has 0 radical (unpaired) electrons. The van der Waals surface area contributed by atoms with Crippen molar-refractivity contribution in [1.29, 1.82) is 0 Å². The number of carbonyl (C=O) groups excluding carboxylic acids is 1. The normalized spacial score (nSPS) is 10.3. The van der Waals surface area contributed by atoms with Gasteiger partial charge in [-0.3, -0.25) is 9.48 Å². The summed E-state index contributed by atoms with van der Waals surface area (Å²) in [5.41, 5.74) is 2.71. The van der Waals surface area contributed by atoms with E-state index in [0.717, 1.165) is 5.69 Å². The monoisotopic (exact) mass is 243 g/mol. The minimum Gasteiger partial charge on any atom is -0.352 e. The van der Waals surface area contributed by atoms with E-state index in [4.69, 9.17) is 0 Å². The lowest BCUT2D eigenvalue weighted by atomic mass is 10.2. The van der Waals surface area contributed by atoms with Gasteiger partial charge in [-0.25, -0.2) is 0 Å². The molecular weight excluding hydrogens is 226 g/mol. The third-order valence-corrected chi connectivity index (χ3v) is 2.86. The lowest BCUT2D eigenvalue weighted by molar-refractivity contribution is 0.0955. The zero-order valence-corrected chi connectivity index (χ0v) is 10.7. The molecule has 0 aliphatic carbocycles. The Morgan fingerprint density at radius 1 is 1.33 bits per heavy atom. The van der Waals surface area contributed by atoms with Crippen LogP contribution in [0.25, 0.3) is 0 Å². The number of nitrogens with one attached hydrogen (secondary N) is 1. The Balaban J connectivity index is 2.18. The van der Waals surface area contributed by atoms with Crippen molar-refractivity contribution in [2.45, 2.75) is 20.4 Å². The smallest absolute Gasteiger partial charge is 0.254 e. The second-order valence-corrected chi connectivity index (χ2v) is 4.15. The summed E-state index contributed by atoms with van der Waals surface area (Å²) >= 11 is 0. The summed E-state index contributed by atoms with van der Waals surface area (Å²) in [6, 6.07) is 10.1. The van der Waals surface area contributed by atoms with Gasteiger partial charge in [-0.05, 0) is 19.4 Å². The second-order valence-electron chi connectivity index (χ2n) is 4.15. The Morgan fingerprint density at radius 2 is 2.06 bits per heavy atom. The maximum Gasteiger partial charge on any atom is 0.254 e. The number of amides is 1. The van der Waals surface area contributed by atoms with E-state index in [2.05, 4.69) is 10.4 Å². The zero-order valence-electron chi connectivity index (χ0n) is 10.7. The van der Waals surface area contributed by atoms with Crippen molar-refractivity contribution in [3.8, 4) is 0 Å². The van der Waals surface area contributed by atoms with Crippen LogP contribution in [0.3, 0.4) is 0 Å². The summed E-state index contributed by atoms with van der Waals surface area (Å²) in [7, 11) is 0. The molecule has 0 saturated carbocycles. The molecule has 0 spiro atoms. The summed E-state index contributed by atoms with van der Waals surface area (Å²) in [5.74, 6) is -0.0608. The van der Waals surface area contributed by atoms with Crippen LogP contribution in [-0.4, -0.2) is 22.2 Å². The number of hydrogen-bond acceptors (Lipinski definition) is 2. The van der Waals surface area contributed by atoms with Crippen molar-refractivity contribution in [3.05, 3.63) is 53.3 Å². The Morgan fingerprint density at radius 3 is 2.72 bits per heavy atom. The van der Waals surface area contributed by atoms with E-state index >= 15 is 0 Å². The molecule has 0 saturated heterocycles. The van der Waals surface area contributed by atoms with Crippen LogP contribution in [0.5, 0.6) is 0 Å². The molecule has 4 nitrogen and oxygen atoms in total. The fourth-order valence-electron chi connectivity index (χ4n) is 1.84. The van der Waals surface area contributed by atoms with E-state index in [0.29, 0.717) is 18.7 Å². The first-order chi connectivity index (χ1) is 8.72. The average Bonchev–Trinajstić information content (AvgIpc) is 2.73. The number of nitrogens with zero attached hydrogens (tertiary/aromatic N) is 2. The topological polar surface area (TPSA) is 46.9 Å². The molecule has 1 N–H and O–H groups in total. The molecular formula is C14H17N3O. The van der Waals surface area contributed by atoms with Crippen LogP contribution in [0.15, 0.2) is 36.5 Å². The van der Waals surface area contributed by atoms with Gasteiger partial charge in [0, 0.05) is 12.2 Å². The van der Waals surface area contributed by atoms with Crippen molar-refractivity contribution in [2.75, 3.05) is 6.54 Å². The molecule has 0 atom stereocenters. The molecule has 0 aliphatic heterocycles. The van der Waals surface area contributed by atoms with Crippen LogP contribution < -0.4 is 5.32 Å². The molecule has 1 amide bonds. The van der Waals surface area contributed by atoms with Crippen LogP contribution in [0.4, 0.5) is 0 Å². The number of carbonyl (C=O) groups is 1. The van der Waals surface area contributed by atoms with Crippen LogP contribution in [-0.2, 0) is 6.54 Å². The second kappa shape index (κ2) is 5.49. The number of benzene rings is 1. The summed E-state index contributed by atoms with van der Waals surface area (Å²) in [4.78, 5) is 11.8. The van der Waals surface area contributed by atoms with Gasteiger partial charge in [0.15, 0.2) is 0 Å². The summed E-state index contributed by atoms with van der Waals surface area (Å²) in [6.07, 6.45) is 1.63. The molecule has 1 aromatic carbocycles. The van der Waals surface area contributed by atoms with Crippen LogP contribution >= 0.6 is 0 Å². The number of hydrogen-bond donors (Lipinski definition) is 1. The van der Waals surface area contributed by atoms with Crippen molar-refractivity contribution >= 4 is 5.91 Å². The quantitative estimate of drug-likeness (QED) is 0.892. The summed E-state index contributed by atoms with van der Waals surface area (Å²) < 4.78 is 1.85. The zero-order chi connectivity index (χ0) is 13.0. The van der Waals surface area contributed by atoms with Gasteiger partial charge in [0.1, 0.15) is 0 Å². The highest BCUT2D eigenvalue weighted by Gasteiger charge is 2.13. The van der Waals surface area contributed by atoms with Crippen LogP contribution in [0, 0.1) is 6.92 Å². The van der Waals surface area contributed by atoms with Crippen molar-refractivity contribution in [3.63, 3.8) is 0 Å². The lowest BCUT2D eigenvalue weighted by Crippen LogP contribution is -2.23. The van der Waals surface area contributed by atoms with Gasteiger partial charge in [0.05, 0.1) is 18.3 Å². The van der Waals surface area contributed by atoms with E-state index < -0.39 is 0 Å². The van der Waals surface area contributed by atoms with Crippen LogP contribution in [0.1, 0.15) is 28.5 Å². The average molecular weight is 243 g/mol. The first-order valence-electron chi connectivity index (χ1n) is 6.07. The van der Waals surface area contributed by atoms with Gasteiger partial charge in [0.2, 0.25) is 0 Å². The summed E-state index contributed by atoms with van der Waals surface area (Å²) in [5, 5.41) is 7.06. The Labute approximate surface area is 107 Å². The van der Waals surface area contributed by atoms with Gasteiger partial charge in [-0.2, -0.15) is 5.10 Å². The molecule has 0 fully saturated rings. The standard InChI is InChI=1S/C14H17N3O/c1-3-15-14(18)13-9-16-17(11(13)2)10-12-7-5-4-6-8-12/h4-9H,3,10H2,1-2H3,(H,15,18). The molecule has 0 unspecified atom stereocenters. The highest BCUT2D eigenvalue weighted by molar-refractivity contribution is 5.94. The third-order valence-electron chi connectivity index (χ3n) is 2.86.